The van der Waals surface area contributed by atoms with Crippen molar-refractivity contribution in [1.82, 2.24) is 14.1 Å². The van der Waals surface area contributed by atoms with Crippen LogP contribution in [0, 0.1) is 10.1 Å². The maximum absolute atomic E-state index is 12.8. The van der Waals surface area contributed by atoms with Gasteiger partial charge in [0.2, 0.25) is 0 Å². The van der Waals surface area contributed by atoms with Gasteiger partial charge in [-0.2, -0.15) is 4.98 Å². The number of non-ortho nitro benzene ring substituents is 1. The van der Waals surface area contributed by atoms with Crippen LogP contribution in [0.4, 0.5) is 11.4 Å². The number of ether oxygens (including phenoxy) is 1. The number of morpholine rings is 1. The molecule has 0 unspecified atom stereocenters. The average Bonchev–Trinajstić information content (AvgIpc) is 2.82. The molecule has 0 N–H and O–H groups in total. The van der Waals surface area contributed by atoms with Crippen LogP contribution >= 0.6 is 0 Å². The van der Waals surface area contributed by atoms with Crippen LogP contribution in [-0.2, 0) is 11.8 Å². The number of hydrogen-bond donors (Lipinski definition) is 0. The molecule has 0 saturated carbocycles. The van der Waals surface area contributed by atoms with Crippen LogP contribution in [0.5, 0.6) is 0 Å². The largest absolute Gasteiger partial charge is 0.378 e. The Morgan fingerprint density at radius 1 is 1.00 bits per heavy atom. The zero-order chi connectivity index (χ0) is 22.4. The number of pyridine rings is 1. The standard InChI is InChI=1S/C22H19N5O5/c1-24-21(28)18-13-14-12-17(27(30)31)6-7-19(14)26(20(18)23-22(24)29)16-4-2-15(3-5-16)25-8-10-32-11-9-25/h2-7,12-13H,8-11H2,1H3. The van der Waals surface area contributed by atoms with Gasteiger partial charge >= 0.3 is 5.69 Å². The number of aromatic nitrogens is 3. The highest BCUT2D eigenvalue weighted by molar-refractivity contribution is 5.89. The van der Waals surface area contributed by atoms with Crippen molar-refractivity contribution in [2.24, 2.45) is 7.05 Å². The highest BCUT2D eigenvalue weighted by atomic mass is 16.6. The van der Waals surface area contributed by atoms with E-state index >= 15 is 0 Å². The molecule has 0 aromatic heterocycles. The molecule has 162 valence electrons. The summed E-state index contributed by atoms with van der Waals surface area (Å²) >= 11 is 0. The van der Waals surface area contributed by atoms with E-state index in [9.17, 15) is 19.7 Å². The predicted octanol–water partition coefficient (Wildman–Crippen LogP) is 1.93. The van der Waals surface area contributed by atoms with Crippen molar-refractivity contribution in [2.45, 2.75) is 0 Å². The zero-order valence-corrected chi connectivity index (χ0v) is 17.2. The second-order valence-electron chi connectivity index (χ2n) is 7.59. The van der Waals surface area contributed by atoms with E-state index in [0.29, 0.717) is 29.8 Å². The molecular weight excluding hydrogens is 414 g/mol. The Balaban J connectivity index is 1.76. The first kappa shape index (κ1) is 19.9. The van der Waals surface area contributed by atoms with Crippen molar-refractivity contribution >= 4 is 22.3 Å². The molecule has 32 heavy (non-hydrogen) atoms. The van der Waals surface area contributed by atoms with Crippen LogP contribution in [0.2, 0.25) is 0 Å². The van der Waals surface area contributed by atoms with Crippen LogP contribution < -0.4 is 16.1 Å². The summed E-state index contributed by atoms with van der Waals surface area (Å²) in [6, 6.07) is 13.6. The fourth-order valence-electron chi connectivity index (χ4n) is 4.03. The molecule has 5 rings (SSSR count). The molecule has 0 bridgehead atoms. The van der Waals surface area contributed by atoms with Crippen molar-refractivity contribution in [3.05, 3.63) is 79.5 Å². The van der Waals surface area contributed by atoms with E-state index in [-0.39, 0.29) is 17.1 Å². The summed E-state index contributed by atoms with van der Waals surface area (Å²) in [7, 11) is 1.36. The molecule has 1 fully saturated rings. The van der Waals surface area contributed by atoms with Gasteiger partial charge in [-0.1, -0.05) is 0 Å². The highest BCUT2D eigenvalue weighted by Crippen LogP contribution is 2.31. The minimum absolute atomic E-state index is 0.0868. The van der Waals surface area contributed by atoms with E-state index in [1.807, 2.05) is 24.3 Å². The Kier molecular flexibility index (Phi) is 4.71. The minimum atomic E-state index is -0.664. The Bertz CT molecular complexity index is 1430. The van der Waals surface area contributed by atoms with Gasteiger partial charge in [0.05, 0.1) is 29.2 Å². The summed E-state index contributed by atoms with van der Waals surface area (Å²) in [4.78, 5) is 42.3. The molecule has 0 amide bonds. The summed E-state index contributed by atoms with van der Waals surface area (Å²) < 4.78 is 8.03. The van der Waals surface area contributed by atoms with Gasteiger partial charge in [-0.25, -0.2) is 4.79 Å². The molecule has 0 aliphatic carbocycles. The number of nitro benzene ring substituents is 1. The van der Waals surface area contributed by atoms with Gasteiger partial charge in [-0.15, -0.1) is 0 Å². The SMILES string of the molecule is Cn1c(=O)nc2n(-c3ccc(N4CCOCC4)cc3)c3ccc([N+](=O)[O-])cc3cc-2c1=O. The van der Waals surface area contributed by atoms with Gasteiger partial charge < -0.3 is 9.64 Å². The Morgan fingerprint density at radius 3 is 2.38 bits per heavy atom. The number of hydrogen-bond acceptors (Lipinski definition) is 7. The lowest BCUT2D eigenvalue weighted by molar-refractivity contribution is -0.384. The van der Waals surface area contributed by atoms with E-state index in [0.717, 1.165) is 23.3 Å². The number of anilines is 1. The third-order valence-electron chi connectivity index (χ3n) is 5.72. The number of rotatable bonds is 3. The molecule has 3 aliphatic rings. The molecule has 0 spiro atoms. The van der Waals surface area contributed by atoms with E-state index in [1.165, 1.54) is 19.2 Å². The van der Waals surface area contributed by atoms with Gasteiger partial charge in [-0.3, -0.25) is 24.0 Å². The summed E-state index contributed by atoms with van der Waals surface area (Å²) in [5, 5.41) is 11.8. The topological polar surface area (TPSA) is 112 Å². The summed E-state index contributed by atoms with van der Waals surface area (Å²) in [6.45, 7) is 2.93. The maximum Gasteiger partial charge on any atom is 0.352 e. The van der Waals surface area contributed by atoms with E-state index in [1.54, 1.807) is 16.7 Å². The molecule has 0 radical (unpaired) electrons. The molecule has 2 aromatic rings. The molecule has 3 heterocycles. The lowest BCUT2D eigenvalue weighted by Crippen LogP contribution is -2.36. The average molecular weight is 433 g/mol. The minimum Gasteiger partial charge on any atom is -0.378 e. The van der Waals surface area contributed by atoms with Gasteiger partial charge in [-0.05, 0) is 36.4 Å². The predicted molar refractivity (Wildman–Crippen MR) is 119 cm³/mol. The quantitative estimate of drug-likeness (QED) is 0.276. The van der Waals surface area contributed by atoms with Crippen LogP contribution in [0.25, 0.3) is 28.0 Å². The van der Waals surface area contributed by atoms with Gasteiger partial charge in [0.1, 0.15) is 0 Å². The van der Waals surface area contributed by atoms with Crippen molar-refractivity contribution in [1.29, 1.82) is 0 Å². The molecule has 2 aromatic carbocycles. The normalized spacial score (nSPS) is 14.2. The maximum atomic E-state index is 12.8. The van der Waals surface area contributed by atoms with Gasteiger partial charge in [0.25, 0.3) is 11.2 Å². The summed E-state index contributed by atoms with van der Waals surface area (Å²) in [5.41, 5.74) is 1.27. The number of benzene rings is 2. The van der Waals surface area contributed by atoms with Crippen LogP contribution in [0.1, 0.15) is 0 Å². The van der Waals surface area contributed by atoms with E-state index in [2.05, 4.69) is 9.88 Å². The van der Waals surface area contributed by atoms with Gasteiger partial charge in [0.15, 0.2) is 5.82 Å². The van der Waals surface area contributed by atoms with Gasteiger partial charge in [0, 0.05) is 49.0 Å². The first-order valence-electron chi connectivity index (χ1n) is 10.1. The van der Waals surface area contributed by atoms with Crippen molar-refractivity contribution in [2.75, 3.05) is 31.2 Å². The molecule has 1 saturated heterocycles. The van der Waals surface area contributed by atoms with E-state index in [4.69, 9.17) is 4.74 Å². The second-order valence-corrected chi connectivity index (χ2v) is 7.59. The number of fused-ring (bicyclic) bond motifs is 2. The van der Waals surface area contributed by atoms with E-state index < -0.39 is 16.2 Å². The smallest absolute Gasteiger partial charge is 0.352 e. The summed E-state index contributed by atoms with van der Waals surface area (Å²) in [6.07, 6.45) is 0. The van der Waals surface area contributed by atoms with Crippen LogP contribution in [-0.4, -0.2) is 45.3 Å². The molecule has 3 aliphatic heterocycles. The Morgan fingerprint density at radius 2 is 1.69 bits per heavy atom. The number of nitro groups is 1. The van der Waals surface area contributed by atoms with Crippen molar-refractivity contribution in [3.63, 3.8) is 0 Å². The fraction of sp³-hybridized carbons (Fsp3) is 0.227. The summed E-state index contributed by atoms with van der Waals surface area (Å²) in [5.74, 6) is 0.207. The van der Waals surface area contributed by atoms with Crippen LogP contribution in [0.3, 0.4) is 0 Å². The molecular formula is C22H19N5O5. The van der Waals surface area contributed by atoms with Crippen molar-refractivity contribution in [3.8, 4) is 17.1 Å². The zero-order valence-electron chi connectivity index (χ0n) is 17.2. The Hall–Kier alpha value is -4.05. The Labute approximate surface area is 181 Å². The van der Waals surface area contributed by atoms with Crippen LogP contribution in [0.15, 0.2) is 58.1 Å². The highest BCUT2D eigenvalue weighted by Gasteiger charge is 2.21. The molecule has 10 nitrogen and oxygen atoms in total. The third-order valence-corrected chi connectivity index (χ3v) is 5.72. The number of nitrogens with zero attached hydrogens (tertiary/aromatic N) is 5. The lowest BCUT2D eigenvalue weighted by Gasteiger charge is -2.29. The first-order valence-corrected chi connectivity index (χ1v) is 10.1. The van der Waals surface area contributed by atoms with Crippen molar-refractivity contribution < 1.29 is 9.66 Å². The monoisotopic (exact) mass is 433 g/mol. The molecule has 0 atom stereocenters. The molecule has 10 heteroatoms. The fourth-order valence-corrected chi connectivity index (χ4v) is 4.03. The first-order chi connectivity index (χ1) is 15.4. The lowest BCUT2D eigenvalue weighted by atomic mass is 10.1. The second kappa shape index (κ2) is 7.57. The third kappa shape index (κ3) is 3.21.